The van der Waals surface area contributed by atoms with Gasteiger partial charge in [0.15, 0.2) is 12.2 Å². The molecule has 0 saturated carbocycles. The van der Waals surface area contributed by atoms with Crippen molar-refractivity contribution < 1.29 is 47.6 Å². The number of ether oxygens (including phenoxy) is 6. The van der Waals surface area contributed by atoms with Crippen molar-refractivity contribution in [2.45, 2.75) is 52.1 Å². The summed E-state index contributed by atoms with van der Waals surface area (Å²) in [5.74, 6) is -2.46. The first-order chi connectivity index (χ1) is 12.1. The van der Waals surface area contributed by atoms with E-state index in [2.05, 4.69) is 0 Å². The van der Waals surface area contributed by atoms with Crippen LogP contribution in [0.4, 0.5) is 0 Å². The molecule has 10 nitrogen and oxygen atoms in total. The van der Waals surface area contributed by atoms with Gasteiger partial charge in [-0.15, -0.1) is 0 Å². The van der Waals surface area contributed by atoms with Crippen molar-refractivity contribution in [2.24, 2.45) is 0 Å². The van der Waals surface area contributed by atoms with Gasteiger partial charge in [-0.2, -0.15) is 0 Å². The molecule has 0 aromatic rings. The summed E-state index contributed by atoms with van der Waals surface area (Å²) in [5.41, 5.74) is 0. The third kappa shape index (κ3) is 9.33. The summed E-state index contributed by atoms with van der Waals surface area (Å²) in [7, 11) is 2.62. The Balaban J connectivity index is 5.59. The van der Waals surface area contributed by atoms with Gasteiger partial charge in [-0.3, -0.25) is 19.2 Å². The predicted molar refractivity (Wildman–Crippen MR) is 86.0 cm³/mol. The first-order valence-electron chi connectivity index (χ1n) is 7.79. The van der Waals surface area contributed by atoms with Gasteiger partial charge in [0.25, 0.3) is 0 Å². The van der Waals surface area contributed by atoms with E-state index >= 15 is 0 Å². The van der Waals surface area contributed by atoms with Crippen molar-refractivity contribution >= 4 is 23.9 Å². The number of hydrogen-bond acceptors (Lipinski definition) is 10. The maximum absolute atomic E-state index is 11.5. The summed E-state index contributed by atoms with van der Waals surface area (Å²) in [6.45, 7) is 4.18. The van der Waals surface area contributed by atoms with Gasteiger partial charge < -0.3 is 28.4 Å². The van der Waals surface area contributed by atoms with Crippen molar-refractivity contribution in [3.63, 3.8) is 0 Å². The van der Waals surface area contributed by atoms with Gasteiger partial charge in [-0.25, -0.2) is 0 Å². The second kappa shape index (κ2) is 12.2. The highest BCUT2D eigenvalue weighted by atomic mass is 16.6. The van der Waals surface area contributed by atoms with Crippen LogP contribution in [0.25, 0.3) is 0 Å². The molecule has 0 aliphatic rings. The minimum absolute atomic E-state index is 0.232. The standard InChI is InChI=1S/C16H26O10/c1-9(17)23-7-13(21-5)16(26-12(4)20)15(22-6)14(25-11(3)19)8-24-10(2)18/h13-16H,7-8H2,1-6H3/t13-,14+,15-,16+/m1/s1. The van der Waals surface area contributed by atoms with Gasteiger partial charge in [0, 0.05) is 41.9 Å². The normalized spacial score (nSPS) is 15.2. The monoisotopic (exact) mass is 378 g/mol. The minimum Gasteiger partial charge on any atom is -0.463 e. The van der Waals surface area contributed by atoms with E-state index < -0.39 is 48.3 Å². The predicted octanol–water partition coefficient (Wildman–Crippen LogP) is 0.00600. The van der Waals surface area contributed by atoms with E-state index in [1.807, 2.05) is 0 Å². The third-order valence-corrected chi connectivity index (χ3v) is 3.15. The molecule has 150 valence electrons. The highest BCUT2D eigenvalue weighted by Crippen LogP contribution is 2.19. The highest BCUT2D eigenvalue weighted by molar-refractivity contribution is 5.67. The zero-order valence-electron chi connectivity index (χ0n) is 15.8. The molecule has 0 amide bonds. The molecule has 0 aromatic heterocycles. The van der Waals surface area contributed by atoms with E-state index in [1.54, 1.807) is 0 Å². The van der Waals surface area contributed by atoms with Gasteiger partial charge in [0.05, 0.1) is 0 Å². The Morgan fingerprint density at radius 2 is 1.08 bits per heavy atom. The van der Waals surface area contributed by atoms with E-state index in [0.29, 0.717) is 0 Å². The molecule has 10 heteroatoms. The van der Waals surface area contributed by atoms with Crippen LogP contribution in [0, 0.1) is 0 Å². The lowest BCUT2D eigenvalue weighted by Gasteiger charge is -2.34. The molecule has 0 saturated heterocycles. The van der Waals surface area contributed by atoms with Gasteiger partial charge in [-0.05, 0) is 0 Å². The number of methoxy groups -OCH3 is 2. The molecule has 0 bridgehead atoms. The number of hydrogen-bond donors (Lipinski definition) is 0. The van der Waals surface area contributed by atoms with Crippen molar-refractivity contribution in [3.05, 3.63) is 0 Å². The molecular weight excluding hydrogens is 352 g/mol. The Bertz CT molecular complexity index is 489. The highest BCUT2D eigenvalue weighted by Gasteiger charge is 2.40. The quantitative estimate of drug-likeness (QED) is 0.358. The zero-order chi connectivity index (χ0) is 20.3. The molecule has 4 atom stereocenters. The molecular formula is C16H26O10. The van der Waals surface area contributed by atoms with E-state index in [4.69, 9.17) is 28.4 Å². The molecule has 0 rings (SSSR count). The molecule has 0 aliphatic heterocycles. The molecule has 0 spiro atoms. The fourth-order valence-corrected chi connectivity index (χ4v) is 2.15. The van der Waals surface area contributed by atoms with Crippen LogP contribution >= 0.6 is 0 Å². The van der Waals surface area contributed by atoms with Gasteiger partial charge in [0.2, 0.25) is 0 Å². The van der Waals surface area contributed by atoms with Crippen LogP contribution in [0.2, 0.25) is 0 Å². The van der Waals surface area contributed by atoms with Crippen LogP contribution in [0.15, 0.2) is 0 Å². The molecule has 0 aliphatic carbocycles. The minimum atomic E-state index is -1.11. The maximum Gasteiger partial charge on any atom is 0.303 e. The largest absolute Gasteiger partial charge is 0.463 e. The van der Waals surface area contributed by atoms with E-state index in [-0.39, 0.29) is 13.2 Å². The maximum atomic E-state index is 11.5. The van der Waals surface area contributed by atoms with E-state index in [1.165, 1.54) is 41.9 Å². The van der Waals surface area contributed by atoms with Crippen LogP contribution in [0.3, 0.4) is 0 Å². The number of rotatable bonds is 11. The summed E-state index contributed by atoms with van der Waals surface area (Å²) >= 11 is 0. The Kier molecular flexibility index (Phi) is 11.2. The fraction of sp³-hybridized carbons (Fsp3) is 0.750. The molecule has 0 radical (unpaired) electrons. The Labute approximate surface area is 152 Å². The van der Waals surface area contributed by atoms with Crippen molar-refractivity contribution in [1.29, 1.82) is 0 Å². The SMILES string of the molecule is CO[C@@H]([C@@H](OC(C)=O)[C@@H](COC(C)=O)OC)[C@H](COC(C)=O)OC(C)=O. The van der Waals surface area contributed by atoms with Crippen molar-refractivity contribution in [3.8, 4) is 0 Å². The second-order valence-corrected chi connectivity index (χ2v) is 5.30. The first kappa shape index (κ1) is 23.8. The summed E-state index contributed by atoms with van der Waals surface area (Å²) in [4.78, 5) is 45.1. The lowest BCUT2D eigenvalue weighted by molar-refractivity contribution is -0.196. The molecule has 0 fully saturated rings. The van der Waals surface area contributed by atoms with Gasteiger partial charge in [-0.1, -0.05) is 0 Å². The van der Waals surface area contributed by atoms with Crippen LogP contribution in [0.1, 0.15) is 27.7 Å². The summed E-state index contributed by atoms with van der Waals surface area (Å²) in [6, 6.07) is 0. The zero-order valence-corrected chi connectivity index (χ0v) is 15.8. The smallest absolute Gasteiger partial charge is 0.303 e. The summed E-state index contributed by atoms with van der Waals surface area (Å²) in [6.07, 6.45) is -4.16. The molecule has 0 unspecified atom stereocenters. The number of carbonyl (C=O) groups is 4. The Hall–Kier alpha value is -2.20. The topological polar surface area (TPSA) is 124 Å². The van der Waals surface area contributed by atoms with Crippen molar-refractivity contribution in [1.82, 2.24) is 0 Å². The van der Waals surface area contributed by atoms with Crippen LogP contribution in [-0.2, 0) is 47.6 Å². The second-order valence-electron chi connectivity index (χ2n) is 5.30. The number of carbonyl (C=O) groups excluding carboxylic acids is 4. The average Bonchev–Trinajstić information content (AvgIpc) is 2.52. The average molecular weight is 378 g/mol. The van der Waals surface area contributed by atoms with Gasteiger partial charge in [0.1, 0.15) is 25.4 Å². The first-order valence-corrected chi connectivity index (χ1v) is 7.79. The Morgan fingerprint density at radius 1 is 0.615 bits per heavy atom. The number of esters is 4. The van der Waals surface area contributed by atoms with Crippen LogP contribution < -0.4 is 0 Å². The fourth-order valence-electron chi connectivity index (χ4n) is 2.15. The Morgan fingerprint density at radius 3 is 1.42 bits per heavy atom. The van der Waals surface area contributed by atoms with E-state index in [0.717, 1.165) is 0 Å². The van der Waals surface area contributed by atoms with Crippen molar-refractivity contribution in [2.75, 3.05) is 27.4 Å². The summed E-state index contributed by atoms with van der Waals surface area (Å²) < 4.78 is 30.8. The van der Waals surface area contributed by atoms with Gasteiger partial charge >= 0.3 is 23.9 Å². The summed E-state index contributed by atoms with van der Waals surface area (Å²) in [5, 5.41) is 0. The molecule has 26 heavy (non-hydrogen) atoms. The van der Waals surface area contributed by atoms with E-state index in [9.17, 15) is 19.2 Å². The molecule has 0 heterocycles. The van der Waals surface area contributed by atoms with Crippen LogP contribution in [0.5, 0.6) is 0 Å². The molecule has 0 aromatic carbocycles. The molecule has 0 N–H and O–H groups in total. The lowest BCUT2D eigenvalue weighted by Crippen LogP contribution is -2.52. The third-order valence-electron chi connectivity index (χ3n) is 3.15. The lowest BCUT2D eigenvalue weighted by atomic mass is 10.0. The van der Waals surface area contributed by atoms with Crippen LogP contribution in [-0.4, -0.2) is 75.7 Å².